The number of carbonyl (C=O) groups is 2. The van der Waals surface area contributed by atoms with E-state index in [0.29, 0.717) is 5.69 Å². The van der Waals surface area contributed by atoms with Gasteiger partial charge in [0, 0.05) is 5.69 Å². The van der Waals surface area contributed by atoms with Crippen molar-refractivity contribution in [3.05, 3.63) is 63.1 Å². The quantitative estimate of drug-likeness (QED) is 0.617. The molecule has 4 nitrogen and oxygen atoms in total. The smallest absolute Gasteiger partial charge is 0.342 e. The zero-order valence-electron chi connectivity index (χ0n) is 12.0. The molecule has 1 atom stereocenters. The number of para-hydroxylation sites is 1. The van der Waals surface area contributed by atoms with Gasteiger partial charge in [-0.05, 0) is 31.2 Å². The minimum atomic E-state index is -1.03. The van der Waals surface area contributed by atoms with Crippen LogP contribution in [0.4, 0.5) is 5.69 Å². The van der Waals surface area contributed by atoms with Crippen LogP contribution in [0.15, 0.2) is 42.5 Å². The first kappa shape index (κ1) is 17.6. The topological polar surface area (TPSA) is 55.4 Å². The molecular weight excluding hydrogens is 361 g/mol. The fourth-order valence-corrected chi connectivity index (χ4v) is 2.44. The number of amides is 1. The maximum atomic E-state index is 12.2. The van der Waals surface area contributed by atoms with E-state index < -0.39 is 18.0 Å². The minimum Gasteiger partial charge on any atom is -0.449 e. The summed E-state index contributed by atoms with van der Waals surface area (Å²) < 4.78 is 5.11. The van der Waals surface area contributed by atoms with Gasteiger partial charge in [-0.25, -0.2) is 4.79 Å². The third kappa shape index (κ3) is 4.38. The average Bonchev–Trinajstić information content (AvgIpc) is 2.52. The summed E-state index contributed by atoms with van der Waals surface area (Å²) in [5.74, 6) is -1.29. The Hall–Kier alpha value is -1.75. The van der Waals surface area contributed by atoms with E-state index in [1.807, 2.05) is 6.07 Å². The largest absolute Gasteiger partial charge is 0.449 e. The second-order valence-corrected chi connectivity index (χ2v) is 5.81. The van der Waals surface area contributed by atoms with Crippen LogP contribution < -0.4 is 5.32 Å². The highest BCUT2D eigenvalue weighted by molar-refractivity contribution is 6.46. The maximum absolute atomic E-state index is 12.2. The molecule has 0 heterocycles. The highest BCUT2D eigenvalue weighted by Gasteiger charge is 2.23. The van der Waals surface area contributed by atoms with Crippen LogP contribution in [-0.2, 0) is 9.53 Å². The molecule has 0 saturated heterocycles. The van der Waals surface area contributed by atoms with Crippen molar-refractivity contribution < 1.29 is 14.3 Å². The third-order valence-corrected chi connectivity index (χ3v) is 4.06. The third-order valence-electron chi connectivity index (χ3n) is 2.94. The number of rotatable bonds is 4. The van der Waals surface area contributed by atoms with Crippen molar-refractivity contribution >= 4 is 52.4 Å². The van der Waals surface area contributed by atoms with Gasteiger partial charge >= 0.3 is 5.97 Å². The van der Waals surface area contributed by atoms with Crippen molar-refractivity contribution in [2.75, 3.05) is 5.32 Å². The van der Waals surface area contributed by atoms with Crippen molar-refractivity contribution in [3.8, 4) is 0 Å². The molecule has 2 aromatic carbocycles. The Morgan fingerprint density at radius 1 is 1.00 bits per heavy atom. The molecule has 0 radical (unpaired) electrons. The van der Waals surface area contributed by atoms with E-state index in [1.165, 1.54) is 19.1 Å². The van der Waals surface area contributed by atoms with E-state index in [1.54, 1.807) is 24.3 Å². The number of carbonyl (C=O) groups excluding carboxylic acids is 2. The van der Waals surface area contributed by atoms with Crippen LogP contribution in [0.25, 0.3) is 0 Å². The molecule has 0 aromatic heterocycles. The monoisotopic (exact) mass is 371 g/mol. The van der Waals surface area contributed by atoms with Crippen LogP contribution in [-0.4, -0.2) is 18.0 Å². The van der Waals surface area contributed by atoms with Crippen LogP contribution in [0.1, 0.15) is 17.3 Å². The van der Waals surface area contributed by atoms with Gasteiger partial charge in [-0.3, -0.25) is 4.79 Å². The zero-order valence-corrected chi connectivity index (χ0v) is 14.2. The van der Waals surface area contributed by atoms with Gasteiger partial charge in [0.05, 0.1) is 20.6 Å². The summed E-state index contributed by atoms with van der Waals surface area (Å²) in [5, 5.41) is 2.88. The number of hydrogen-bond donors (Lipinski definition) is 1. The van der Waals surface area contributed by atoms with E-state index in [-0.39, 0.29) is 20.6 Å². The molecule has 120 valence electrons. The van der Waals surface area contributed by atoms with Crippen molar-refractivity contribution in [1.29, 1.82) is 0 Å². The first-order valence-corrected chi connectivity index (χ1v) is 7.74. The number of esters is 1. The van der Waals surface area contributed by atoms with Gasteiger partial charge < -0.3 is 10.1 Å². The van der Waals surface area contributed by atoms with Crippen molar-refractivity contribution in [2.45, 2.75) is 13.0 Å². The molecule has 2 rings (SSSR count). The Morgan fingerprint density at radius 2 is 1.61 bits per heavy atom. The van der Waals surface area contributed by atoms with Gasteiger partial charge in [-0.2, -0.15) is 0 Å². The molecule has 0 aliphatic heterocycles. The number of ether oxygens (including phenoxy) is 1. The molecule has 0 unspecified atom stereocenters. The Labute approximate surface area is 148 Å². The predicted molar refractivity (Wildman–Crippen MR) is 91.4 cm³/mol. The number of nitrogens with one attached hydrogen (secondary N) is 1. The molecule has 0 aliphatic rings. The number of halogens is 3. The Balaban J connectivity index is 2.08. The maximum Gasteiger partial charge on any atom is 0.342 e. The first-order chi connectivity index (χ1) is 10.9. The fraction of sp³-hybridized carbons (Fsp3) is 0.125. The Morgan fingerprint density at radius 3 is 2.26 bits per heavy atom. The summed E-state index contributed by atoms with van der Waals surface area (Å²) in [4.78, 5) is 24.2. The Kier molecular flexibility index (Phi) is 5.88. The van der Waals surface area contributed by atoms with Crippen LogP contribution in [0.5, 0.6) is 0 Å². The number of benzene rings is 2. The summed E-state index contributed by atoms with van der Waals surface area (Å²) in [6.07, 6.45) is -1.03. The molecule has 0 fully saturated rings. The van der Waals surface area contributed by atoms with Crippen LogP contribution >= 0.6 is 34.8 Å². The molecule has 0 bridgehead atoms. The molecule has 2 aromatic rings. The highest BCUT2D eigenvalue weighted by atomic mass is 35.5. The first-order valence-electron chi connectivity index (χ1n) is 6.60. The molecule has 23 heavy (non-hydrogen) atoms. The van der Waals surface area contributed by atoms with Crippen LogP contribution in [0.2, 0.25) is 15.1 Å². The predicted octanol–water partition coefficient (Wildman–Crippen LogP) is 4.83. The van der Waals surface area contributed by atoms with E-state index in [9.17, 15) is 9.59 Å². The van der Waals surface area contributed by atoms with Gasteiger partial charge in [-0.15, -0.1) is 0 Å². The van der Waals surface area contributed by atoms with Gasteiger partial charge in [0.1, 0.15) is 0 Å². The molecule has 7 heteroatoms. The number of anilines is 1. The van der Waals surface area contributed by atoms with E-state index in [2.05, 4.69) is 5.32 Å². The van der Waals surface area contributed by atoms with Gasteiger partial charge in [0.2, 0.25) is 0 Å². The van der Waals surface area contributed by atoms with Gasteiger partial charge in [0.25, 0.3) is 5.91 Å². The lowest BCUT2D eigenvalue weighted by molar-refractivity contribution is -0.123. The van der Waals surface area contributed by atoms with Crippen LogP contribution in [0.3, 0.4) is 0 Å². The lowest BCUT2D eigenvalue weighted by Crippen LogP contribution is -2.30. The zero-order chi connectivity index (χ0) is 17.0. The lowest BCUT2D eigenvalue weighted by Gasteiger charge is -2.15. The van der Waals surface area contributed by atoms with Gasteiger partial charge in [0.15, 0.2) is 6.10 Å². The van der Waals surface area contributed by atoms with E-state index in [4.69, 9.17) is 39.5 Å². The SMILES string of the molecule is C[C@@H](OC(=O)c1c(Cl)ccc(Cl)c1Cl)C(=O)Nc1ccccc1. The molecule has 0 saturated carbocycles. The molecule has 1 amide bonds. The van der Waals surface area contributed by atoms with Crippen LogP contribution in [0, 0.1) is 0 Å². The second-order valence-electron chi connectivity index (χ2n) is 4.62. The summed E-state index contributed by atoms with van der Waals surface area (Å²) in [6.45, 7) is 1.45. The van der Waals surface area contributed by atoms with Crippen molar-refractivity contribution in [1.82, 2.24) is 0 Å². The second kappa shape index (κ2) is 7.68. The summed E-state index contributed by atoms with van der Waals surface area (Å²) in [5.41, 5.74) is 0.527. The van der Waals surface area contributed by atoms with E-state index >= 15 is 0 Å². The van der Waals surface area contributed by atoms with Gasteiger partial charge in [-0.1, -0.05) is 53.0 Å². The molecule has 0 spiro atoms. The Bertz CT molecular complexity index is 735. The summed E-state index contributed by atoms with van der Waals surface area (Å²) in [7, 11) is 0. The average molecular weight is 373 g/mol. The minimum absolute atomic E-state index is 0.0140. The number of hydrogen-bond acceptors (Lipinski definition) is 3. The summed E-state index contributed by atoms with van der Waals surface area (Å²) >= 11 is 17.8. The van der Waals surface area contributed by atoms with Crippen molar-refractivity contribution in [3.63, 3.8) is 0 Å². The lowest BCUT2D eigenvalue weighted by atomic mass is 10.2. The molecular formula is C16H12Cl3NO3. The fourth-order valence-electron chi connectivity index (χ4n) is 1.75. The normalized spacial score (nSPS) is 11.7. The summed E-state index contributed by atoms with van der Waals surface area (Å²) in [6, 6.07) is 11.7. The molecule has 0 aliphatic carbocycles. The standard InChI is InChI=1S/C16H12Cl3NO3/c1-9(15(21)20-10-5-3-2-4-6-10)23-16(22)13-11(17)7-8-12(18)14(13)19/h2-9H,1H3,(H,20,21)/t9-/m1/s1. The van der Waals surface area contributed by atoms with Crippen molar-refractivity contribution in [2.24, 2.45) is 0 Å². The highest BCUT2D eigenvalue weighted by Crippen LogP contribution is 2.32. The van der Waals surface area contributed by atoms with E-state index in [0.717, 1.165) is 0 Å². The molecule has 1 N–H and O–H groups in total.